The summed E-state index contributed by atoms with van der Waals surface area (Å²) in [5, 5.41) is 0. The van der Waals surface area contributed by atoms with E-state index in [9.17, 15) is 14.0 Å². The highest BCUT2D eigenvalue weighted by atomic mass is 19.1. The van der Waals surface area contributed by atoms with Crippen LogP contribution in [0.25, 0.3) is 5.57 Å². The van der Waals surface area contributed by atoms with Gasteiger partial charge >= 0.3 is 0 Å². The topological polar surface area (TPSA) is 53.1 Å². The number of likely N-dealkylation sites (N-methyl/N-ethyl adjacent to an activating group) is 1. The molecule has 0 N–H and O–H groups in total. The molecule has 0 spiro atoms. The van der Waals surface area contributed by atoms with Crippen molar-refractivity contribution in [2.24, 2.45) is 0 Å². The van der Waals surface area contributed by atoms with E-state index >= 15 is 0 Å². The van der Waals surface area contributed by atoms with Crippen molar-refractivity contribution in [3.8, 4) is 0 Å². The van der Waals surface area contributed by atoms with Crippen LogP contribution in [0.2, 0.25) is 0 Å². The van der Waals surface area contributed by atoms with Gasteiger partial charge in [0.25, 0.3) is 11.8 Å². The summed E-state index contributed by atoms with van der Waals surface area (Å²) in [6.07, 6.45) is 0.701. The van der Waals surface area contributed by atoms with Gasteiger partial charge in [0.15, 0.2) is 0 Å². The van der Waals surface area contributed by atoms with Gasteiger partial charge in [0.1, 0.15) is 11.5 Å². The van der Waals surface area contributed by atoms with Crippen LogP contribution in [0.15, 0.2) is 60.3 Å². The molecular weight excluding hydrogens is 421 g/mol. The molecule has 1 fully saturated rings. The Balaban J connectivity index is 1.59. The third kappa shape index (κ3) is 5.31. The number of hydrogen-bond acceptors (Lipinski definition) is 5. The largest absolute Gasteiger partial charge is 0.379 e. The number of imide groups is 1. The number of nitrogens with zero attached hydrogens (tertiary/aromatic N) is 3. The second-order valence-electron chi connectivity index (χ2n) is 8.30. The summed E-state index contributed by atoms with van der Waals surface area (Å²) in [4.78, 5) is 32.6. The zero-order valence-electron chi connectivity index (χ0n) is 19.0. The Bertz CT molecular complexity index is 1000. The van der Waals surface area contributed by atoms with Gasteiger partial charge in [-0.25, -0.2) is 4.39 Å². The van der Waals surface area contributed by atoms with E-state index in [-0.39, 0.29) is 17.6 Å². The van der Waals surface area contributed by atoms with Gasteiger partial charge in [-0.15, -0.1) is 0 Å². The molecule has 0 unspecified atom stereocenters. The molecule has 2 aliphatic rings. The minimum absolute atomic E-state index is 0.279. The molecule has 6 nitrogen and oxygen atoms in total. The number of hydrogen-bond donors (Lipinski definition) is 0. The number of amides is 2. The fourth-order valence-electron chi connectivity index (χ4n) is 4.37. The average molecular weight is 452 g/mol. The van der Waals surface area contributed by atoms with Gasteiger partial charge in [-0.1, -0.05) is 42.5 Å². The summed E-state index contributed by atoms with van der Waals surface area (Å²) < 4.78 is 19.0. The van der Waals surface area contributed by atoms with E-state index in [0.29, 0.717) is 56.1 Å². The first-order valence-electron chi connectivity index (χ1n) is 11.5. The van der Waals surface area contributed by atoms with Gasteiger partial charge in [-0.05, 0) is 36.6 Å². The van der Waals surface area contributed by atoms with Crippen molar-refractivity contribution in [2.45, 2.75) is 19.9 Å². The lowest BCUT2D eigenvalue weighted by molar-refractivity contribution is -0.137. The number of rotatable bonds is 9. The number of benzene rings is 2. The van der Waals surface area contributed by atoms with E-state index in [2.05, 4.69) is 4.90 Å². The van der Waals surface area contributed by atoms with Crippen LogP contribution in [-0.4, -0.2) is 72.5 Å². The Morgan fingerprint density at radius 3 is 2.30 bits per heavy atom. The third-order valence-corrected chi connectivity index (χ3v) is 6.15. The zero-order chi connectivity index (χ0) is 23.2. The Kier molecular flexibility index (Phi) is 7.52. The highest BCUT2D eigenvalue weighted by Gasteiger charge is 2.41. The summed E-state index contributed by atoms with van der Waals surface area (Å²) in [5.41, 5.74) is 2.36. The van der Waals surface area contributed by atoms with Crippen molar-refractivity contribution >= 4 is 17.4 Å². The zero-order valence-corrected chi connectivity index (χ0v) is 19.0. The molecule has 0 saturated carbocycles. The maximum absolute atomic E-state index is 13.6. The number of carbonyl (C=O) groups excluding carboxylic acids is 2. The smallest absolute Gasteiger partial charge is 0.277 e. The Morgan fingerprint density at radius 1 is 0.939 bits per heavy atom. The first-order chi connectivity index (χ1) is 16.1. The molecule has 2 amide bonds. The number of morpholine rings is 1. The minimum Gasteiger partial charge on any atom is -0.379 e. The highest BCUT2D eigenvalue weighted by Crippen LogP contribution is 2.32. The van der Waals surface area contributed by atoms with E-state index in [0.717, 1.165) is 25.2 Å². The number of carbonyl (C=O) groups is 2. The van der Waals surface area contributed by atoms with Crippen molar-refractivity contribution < 1.29 is 18.7 Å². The molecular formula is C26H30FN3O3. The summed E-state index contributed by atoms with van der Waals surface area (Å²) >= 11 is 0. The predicted molar refractivity (Wildman–Crippen MR) is 124 cm³/mol. The van der Waals surface area contributed by atoms with E-state index in [1.54, 1.807) is 12.1 Å². The lowest BCUT2D eigenvalue weighted by Crippen LogP contribution is -2.40. The molecule has 7 heteroatoms. The number of halogens is 1. The average Bonchev–Trinajstić information content (AvgIpc) is 3.09. The lowest BCUT2D eigenvalue weighted by atomic mass is 10.0. The standard InChI is InChI=1S/C26H30FN3O3/c1-2-29(19-20-7-4-3-5-8-20)24-23(21-9-11-22(27)12-10-21)25(31)30(26(24)32)14-6-13-28-15-17-33-18-16-28/h3-5,7-12H,2,6,13-19H2,1H3. The highest BCUT2D eigenvalue weighted by molar-refractivity contribution is 6.35. The molecule has 0 bridgehead atoms. The summed E-state index contributed by atoms with van der Waals surface area (Å²) in [7, 11) is 0. The second-order valence-corrected chi connectivity index (χ2v) is 8.30. The van der Waals surface area contributed by atoms with Crippen molar-refractivity contribution in [1.82, 2.24) is 14.7 Å². The van der Waals surface area contributed by atoms with Crippen LogP contribution >= 0.6 is 0 Å². The fourth-order valence-corrected chi connectivity index (χ4v) is 4.37. The minimum atomic E-state index is -0.378. The first-order valence-corrected chi connectivity index (χ1v) is 11.5. The molecule has 0 aliphatic carbocycles. The third-order valence-electron chi connectivity index (χ3n) is 6.15. The summed E-state index contributed by atoms with van der Waals surface area (Å²) in [5.74, 6) is -0.967. The molecule has 33 heavy (non-hydrogen) atoms. The molecule has 2 aromatic rings. The van der Waals surface area contributed by atoms with Gasteiger partial charge in [0.05, 0.1) is 18.8 Å². The normalized spacial score (nSPS) is 17.2. The second kappa shape index (κ2) is 10.7. The molecule has 1 saturated heterocycles. The lowest BCUT2D eigenvalue weighted by Gasteiger charge is -2.27. The van der Waals surface area contributed by atoms with Crippen molar-refractivity contribution in [3.63, 3.8) is 0 Å². The quantitative estimate of drug-likeness (QED) is 0.549. The molecule has 2 aliphatic heterocycles. The maximum atomic E-state index is 13.6. The van der Waals surface area contributed by atoms with Crippen molar-refractivity contribution in [1.29, 1.82) is 0 Å². The van der Waals surface area contributed by atoms with Crippen LogP contribution in [0.1, 0.15) is 24.5 Å². The van der Waals surface area contributed by atoms with Crippen LogP contribution < -0.4 is 0 Å². The molecule has 4 rings (SSSR count). The Labute approximate surface area is 194 Å². The van der Waals surface area contributed by atoms with Gasteiger partial charge in [0.2, 0.25) is 0 Å². The van der Waals surface area contributed by atoms with E-state index in [1.165, 1.54) is 17.0 Å². The van der Waals surface area contributed by atoms with Crippen LogP contribution in [-0.2, 0) is 20.9 Å². The Morgan fingerprint density at radius 2 is 1.64 bits per heavy atom. The molecule has 2 heterocycles. The van der Waals surface area contributed by atoms with Crippen molar-refractivity contribution in [3.05, 3.63) is 77.2 Å². The molecule has 0 aromatic heterocycles. The van der Waals surface area contributed by atoms with Crippen LogP contribution in [0.5, 0.6) is 0 Å². The molecule has 174 valence electrons. The van der Waals surface area contributed by atoms with E-state index in [1.807, 2.05) is 42.2 Å². The monoisotopic (exact) mass is 451 g/mol. The SMILES string of the molecule is CCN(Cc1ccccc1)C1=C(c2ccc(F)cc2)C(=O)N(CCCN2CCOCC2)C1=O. The molecule has 0 atom stereocenters. The van der Waals surface area contributed by atoms with E-state index in [4.69, 9.17) is 4.74 Å². The van der Waals surface area contributed by atoms with Crippen LogP contribution in [0.3, 0.4) is 0 Å². The van der Waals surface area contributed by atoms with Gasteiger partial charge in [-0.2, -0.15) is 0 Å². The maximum Gasteiger partial charge on any atom is 0.277 e. The summed E-state index contributed by atoms with van der Waals surface area (Å²) in [6, 6.07) is 15.7. The van der Waals surface area contributed by atoms with Crippen LogP contribution in [0.4, 0.5) is 4.39 Å². The fraction of sp³-hybridized carbons (Fsp3) is 0.385. The Hall–Kier alpha value is -3.03. The predicted octanol–water partition coefficient (Wildman–Crippen LogP) is 3.15. The first kappa shape index (κ1) is 23.1. The van der Waals surface area contributed by atoms with Crippen LogP contribution in [0, 0.1) is 5.82 Å². The van der Waals surface area contributed by atoms with E-state index < -0.39 is 0 Å². The van der Waals surface area contributed by atoms with Crippen molar-refractivity contribution in [2.75, 3.05) is 45.9 Å². The van der Waals surface area contributed by atoms with Gasteiger partial charge in [-0.3, -0.25) is 19.4 Å². The molecule has 0 radical (unpaired) electrons. The summed E-state index contributed by atoms with van der Waals surface area (Å²) in [6.45, 7) is 7.37. The van der Waals surface area contributed by atoms with Gasteiger partial charge < -0.3 is 9.64 Å². The van der Waals surface area contributed by atoms with Gasteiger partial charge in [0, 0.05) is 39.3 Å². The molecule has 2 aromatic carbocycles. The number of ether oxygens (including phenoxy) is 1.